The van der Waals surface area contributed by atoms with E-state index in [0.717, 1.165) is 30.5 Å². The summed E-state index contributed by atoms with van der Waals surface area (Å²) in [5, 5.41) is 7.54. The van der Waals surface area contributed by atoms with Crippen molar-refractivity contribution in [3.05, 3.63) is 29.9 Å². The third-order valence-electron chi connectivity index (χ3n) is 3.58. The van der Waals surface area contributed by atoms with E-state index in [4.69, 9.17) is 4.52 Å². The van der Waals surface area contributed by atoms with Crippen LogP contribution in [0.25, 0.3) is 11.4 Å². The van der Waals surface area contributed by atoms with Crippen LogP contribution in [0.2, 0.25) is 0 Å². The SMILES string of the molecule is CCc1cnccc1-c1noc([C@@H]2CCCCN2)n1. The van der Waals surface area contributed by atoms with Gasteiger partial charge in [-0.15, -0.1) is 0 Å². The molecule has 1 saturated heterocycles. The minimum absolute atomic E-state index is 0.210. The van der Waals surface area contributed by atoms with Crippen LogP contribution in [0.15, 0.2) is 23.0 Å². The first-order valence-corrected chi connectivity index (χ1v) is 6.88. The highest BCUT2D eigenvalue weighted by atomic mass is 16.5. The van der Waals surface area contributed by atoms with Crippen LogP contribution in [0, 0.1) is 0 Å². The largest absolute Gasteiger partial charge is 0.337 e. The van der Waals surface area contributed by atoms with E-state index in [1.807, 2.05) is 12.3 Å². The predicted octanol–water partition coefficient (Wildman–Crippen LogP) is 2.51. The van der Waals surface area contributed by atoms with Gasteiger partial charge in [0.1, 0.15) is 0 Å². The zero-order valence-corrected chi connectivity index (χ0v) is 11.1. The first kappa shape index (κ1) is 12.3. The van der Waals surface area contributed by atoms with Crippen molar-refractivity contribution in [3.8, 4) is 11.4 Å². The molecule has 2 aromatic rings. The molecule has 0 saturated carbocycles. The van der Waals surface area contributed by atoms with Crippen LogP contribution in [0.3, 0.4) is 0 Å². The van der Waals surface area contributed by atoms with Gasteiger partial charge in [0.05, 0.1) is 6.04 Å². The summed E-state index contributed by atoms with van der Waals surface area (Å²) in [4.78, 5) is 8.68. The van der Waals surface area contributed by atoms with Crippen LogP contribution in [-0.4, -0.2) is 21.7 Å². The van der Waals surface area contributed by atoms with Crippen molar-refractivity contribution in [1.82, 2.24) is 20.4 Å². The molecule has 100 valence electrons. The number of hydrogen-bond donors (Lipinski definition) is 1. The highest BCUT2D eigenvalue weighted by Gasteiger charge is 2.21. The lowest BCUT2D eigenvalue weighted by Gasteiger charge is -2.19. The van der Waals surface area contributed by atoms with Gasteiger partial charge in [-0.1, -0.05) is 18.5 Å². The molecule has 1 N–H and O–H groups in total. The van der Waals surface area contributed by atoms with Crippen molar-refractivity contribution in [3.63, 3.8) is 0 Å². The van der Waals surface area contributed by atoms with Crippen LogP contribution in [0.5, 0.6) is 0 Å². The molecule has 1 atom stereocenters. The fourth-order valence-corrected chi connectivity index (χ4v) is 2.48. The molecule has 0 bridgehead atoms. The van der Waals surface area contributed by atoms with Gasteiger partial charge in [0.25, 0.3) is 0 Å². The number of hydrogen-bond acceptors (Lipinski definition) is 5. The first-order valence-electron chi connectivity index (χ1n) is 6.88. The Morgan fingerprint density at radius 2 is 2.37 bits per heavy atom. The van der Waals surface area contributed by atoms with E-state index in [1.165, 1.54) is 12.8 Å². The summed E-state index contributed by atoms with van der Waals surface area (Å²) in [6, 6.07) is 2.16. The summed E-state index contributed by atoms with van der Waals surface area (Å²) in [5.74, 6) is 1.37. The molecule has 1 aliphatic rings. The summed E-state index contributed by atoms with van der Waals surface area (Å²) in [6.07, 6.45) is 8.05. The monoisotopic (exact) mass is 258 g/mol. The molecule has 5 heteroatoms. The molecule has 3 rings (SSSR count). The molecular formula is C14H18N4O. The maximum Gasteiger partial charge on any atom is 0.244 e. The van der Waals surface area contributed by atoms with Crippen molar-refractivity contribution in [1.29, 1.82) is 0 Å². The van der Waals surface area contributed by atoms with Crippen molar-refractivity contribution in [2.75, 3.05) is 6.54 Å². The molecule has 1 fully saturated rings. The van der Waals surface area contributed by atoms with Crippen LogP contribution in [0.1, 0.15) is 43.7 Å². The zero-order valence-electron chi connectivity index (χ0n) is 11.1. The number of nitrogens with zero attached hydrogens (tertiary/aromatic N) is 3. The fourth-order valence-electron chi connectivity index (χ4n) is 2.48. The Morgan fingerprint density at radius 3 is 3.16 bits per heavy atom. The lowest BCUT2D eigenvalue weighted by atomic mass is 10.1. The van der Waals surface area contributed by atoms with Gasteiger partial charge in [-0.2, -0.15) is 4.98 Å². The average molecular weight is 258 g/mol. The van der Waals surface area contributed by atoms with E-state index in [9.17, 15) is 0 Å². The minimum atomic E-state index is 0.210. The van der Waals surface area contributed by atoms with Crippen LogP contribution in [0.4, 0.5) is 0 Å². The van der Waals surface area contributed by atoms with E-state index >= 15 is 0 Å². The standard InChI is InChI=1S/C14H18N4O/c1-2-10-9-15-8-6-11(10)13-17-14(19-18-13)12-5-3-4-7-16-12/h6,8-9,12,16H,2-5,7H2,1H3/t12-/m0/s1. The zero-order chi connectivity index (χ0) is 13.1. The Balaban J connectivity index is 1.88. The summed E-state index contributed by atoms with van der Waals surface area (Å²) < 4.78 is 5.41. The lowest BCUT2D eigenvalue weighted by molar-refractivity contribution is 0.297. The third kappa shape index (κ3) is 2.51. The second-order valence-corrected chi connectivity index (χ2v) is 4.85. The smallest absolute Gasteiger partial charge is 0.244 e. The van der Waals surface area contributed by atoms with Crippen molar-refractivity contribution < 1.29 is 4.52 Å². The van der Waals surface area contributed by atoms with Crippen LogP contribution in [-0.2, 0) is 6.42 Å². The second kappa shape index (κ2) is 5.48. The molecular weight excluding hydrogens is 240 g/mol. The van der Waals surface area contributed by atoms with Gasteiger partial charge < -0.3 is 9.84 Å². The molecule has 0 unspecified atom stereocenters. The maximum atomic E-state index is 5.41. The molecule has 1 aliphatic heterocycles. The van der Waals surface area contributed by atoms with Gasteiger partial charge >= 0.3 is 0 Å². The molecule has 0 aliphatic carbocycles. The topological polar surface area (TPSA) is 63.8 Å². The van der Waals surface area contributed by atoms with E-state index in [-0.39, 0.29) is 6.04 Å². The van der Waals surface area contributed by atoms with Crippen molar-refractivity contribution >= 4 is 0 Å². The fraction of sp³-hybridized carbons (Fsp3) is 0.500. The van der Waals surface area contributed by atoms with Crippen LogP contribution >= 0.6 is 0 Å². The van der Waals surface area contributed by atoms with Crippen molar-refractivity contribution in [2.24, 2.45) is 0 Å². The summed E-state index contributed by atoms with van der Waals surface area (Å²) >= 11 is 0. The highest BCUT2D eigenvalue weighted by Crippen LogP contribution is 2.25. The van der Waals surface area contributed by atoms with Gasteiger partial charge in [0.15, 0.2) is 0 Å². The van der Waals surface area contributed by atoms with Crippen LogP contribution < -0.4 is 5.32 Å². The predicted molar refractivity (Wildman–Crippen MR) is 71.5 cm³/mol. The number of piperidine rings is 1. The highest BCUT2D eigenvalue weighted by molar-refractivity contribution is 5.58. The molecule has 19 heavy (non-hydrogen) atoms. The summed E-state index contributed by atoms with van der Waals surface area (Å²) in [7, 11) is 0. The number of rotatable bonds is 3. The first-order chi connectivity index (χ1) is 9.38. The maximum absolute atomic E-state index is 5.41. The lowest BCUT2D eigenvalue weighted by Crippen LogP contribution is -2.26. The van der Waals surface area contributed by atoms with Gasteiger partial charge in [-0.05, 0) is 37.4 Å². The van der Waals surface area contributed by atoms with Gasteiger partial charge in [-0.3, -0.25) is 4.98 Å². The number of aryl methyl sites for hydroxylation is 1. The molecule has 2 aromatic heterocycles. The number of pyridine rings is 1. The molecule has 0 aromatic carbocycles. The molecule has 0 spiro atoms. The Kier molecular flexibility index (Phi) is 3.55. The van der Waals surface area contributed by atoms with E-state index in [2.05, 4.69) is 27.4 Å². The Morgan fingerprint density at radius 1 is 1.42 bits per heavy atom. The molecule has 0 amide bonds. The van der Waals surface area contributed by atoms with Gasteiger partial charge in [0, 0.05) is 18.0 Å². The Hall–Kier alpha value is -1.75. The molecule has 5 nitrogen and oxygen atoms in total. The van der Waals surface area contributed by atoms with Gasteiger partial charge in [0.2, 0.25) is 11.7 Å². The number of aromatic nitrogens is 3. The molecule has 3 heterocycles. The summed E-state index contributed by atoms with van der Waals surface area (Å²) in [6.45, 7) is 3.13. The van der Waals surface area contributed by atoms with Gasteiger partial charge in [-0.25, -0.2) is 0 Å². The third-order valence-corrected chi connectivity index (χ3v) is 3.58. The molecule has 0 radical (unpaired) electrons. The Bertz CT molecular complexity index is 546. The number of nitrogens with one attached hydrogen (secondary N) is 1. The minimum Gasteiger partial charge on any atom is -0.337 e. The van der Waals surface area contributed by atoms with Crippen molar-refractivity contribution in [2.45, 2.75) is 38.6 Å². The average Bonchev–Trinajstić information content (AvgIpc) is 2.98. The normalized spacial score (nSPS) is 19.5. The quantitative estimate of drug-likeness (QED) is 0.916. The van der Waals surface area contributed by atoms with E-state index in [1.54, 1.807) is 6.20 Å². The van der Waals surface area contributed by atoms with E-state index < -0.39 is 0 Å². The Labute approximate surface area is 112 Å². The summed E-state index contributed by atoms with van der Waals surface area (Å²) in [5.41, 5.74) is 2.16. The van der Waals surface area contributed by atoms with E-state index in [0.29, 0.717) is 11.7 Å². The second-order valence-electron chi connectivity index (χ2n) is 4.85.